The topological polar surface area (TPSA) is 29.5 Å². The standard InChI is InChI=1S/C16H23FO2/c1-3-19-16(7-5-4-6-8-16)15(18)13-9-12(2)10-14(17)11-13/h9-11,15,18H,3-8H2,1-2H3. The Kier molecular flexibility index (Phi) is 4.58. The zero-order valence-corrected chi connectivity index (χ0v) is 11.8. The second-order valence-corrected chi connectivity index (χ2v) is 5.52. The van der Waals surface area contributed by atoms with E-state index < -0.39 is 11.7 Å². The van der Waals surface area contributed by atoms with Crippen molar-refractivity contribution in [3.8, 4) is 0 Å². The highest BCUT2D eigenvalue weighted by molar-refractivity contribution is 5.27. The van der Waals surface area contributed by atoms with Gasteiger partial charge >= 0.3 is 0 Å². The Hall–Kier alpha value is -0.930. The van der Waals surface area contributed by atoms with Crippen molar-refractivity contribution >= 4 is 0 Å². The largest absolute Gasteiger partial charge is 0.385 e. The summed E-state index contributed by atoms with van der Waals surface area (Å²) in [4.78, 5) is 0. The molecule has 1 atom stereocenters. The van der Waals surface area contributed by atoms with E-state index in [1.54, 1.807) is 0 Å². The Morgan fingerprint density at radius 2 is 1.95 bits per heavy atom. The first kappa shape index (κ1) is 14.5. The molecule has 0 heterocycles. The minimum absolute atomic E-state index is 0.295. The van der Waals surface area contributed by atoms with E-state index in [-0.39, 0.29) is 5.82 Å². The number of ether oxygens (including phenoxy) is 1. The van der Waals surface area contributed by atoms with Gasteiger partial charge in [0.05, 0.1) is 5.60 Å². The molecule has 0 amide bonds. The number of hydrogen-bond acceptors (Lipinski definition) is 2. The Morgan fingerprint density at radius 1 is 1.26 bits per heavy atom. The summed E-state index contributed by atoms with van der Waals surface area (Å²) in [6.45, 7) is 4.36. The first-order chi connectivity index (χ1) is 9.07. The molecule has 0 radical (unpaired) electrons. The van der Waals surface area contributed by atoms with Crippen LogP contribution in [0.2, 0.25) is 0 Å². The molecule has 1 aliphatic carbocycles. The second-order valence-electron chi connectivity index (χ2n) is 5.52. The summed E-state index contributed by atoms with van der Waals surface area (Å²) in [7, 11) is 0. The molecule has 2 nitrogen and oxygen atoms in total. The molecule has 106 valence electrons. The second kappa shape index (κ2) is 6.02. The van der Waals surface area contributed by atoms with Crippen LogP contribution in [0.1, 0.15) is 56.3 Å². The highest BCUT2D eigenvalue weighted by Gasteiger charge is 2.40. The molecule has 1 fully saturated rings. The van der Waals surface area contributed by atoms with Crippen LogP contribution in [-0.4, -0.2) is 17.3 Å². The summed E-state index contributed by atoms with van der Waals surface area (Å²) in [6.07, 6.45) is 4.25. The Bertz CT molecular complexity index is 399. The number of aliphatic hydroxyl groups excluding tert-OH is 1. The maximum atomic E-state index is 13.5. The predicted molar refractivity (Wildman–Crippen MR) is 73.5 cm³/mol. The van der Waals surface area contributed by atoms with Crippen LogP contribution < -0.4 is 0 Å². The van der Waals surface area contributed by atoms with Gasteiger partial charge in [-0.05, 0) is 49.9 Å². The van der Waals surface area contributed by atoms with Gasteiger partial charge in [-0.3, -0.25) is 0 Å². The zero-order chi connectivity index (χ0) is 13.9. The molecule has 2 rings (SSSR count). The lowest BCUT2D eigenvalue weighted by Gasteiger charge is -2.41. The van der Waals surface area contributed by atoms with Crippen LogP contribution in [0.15, 0.2) is 18.2 Å². The molecule has 0 aromatic heterocycles. The van der Waals surface area contributed by atoms with Crippen molar-refractivity contribution in [3.63, 3.8) is 0 Å². The van der Waals surface area contributed by atoms with Gasteiger partial charge < -0.3 is 9.84 Å². The first-order valence-electron chi connectivity index (χ1n) is 7.16. The van der Waals surface area contributed by atoms with E-state index in [1.807, 2.05) is 19.9 Å². The van der Waals surface area contributed by atoms with Crippen LogP contribution in [-0.2, 0) is 4.74 Å². The van der Waals surface area contributed by atoms with Gasteiger partial charge in [0.2, 0.25) is 0 Å². The summed E-state index contributed by atoms with van der Waals surface area (Å²) in [6, 6.07) is 4.75. The highest BCUT2D eigenvalue weighted by Crippen LogP contribution is 2.41. The van der Waals surface area contributed by atoms with E-state index in [1.165, 1.54) is 18.6 Å². The first-order valence-corrected chi connectivity index (χ1v) is 7.16. The summed E-state index contributed by atoms with van der Waals surface area (Å²) in [5, 5.41) is 10.7. The van der Waals surface area contributed by atoms with Crippen LogP contribution >= 0.6 is 0 Å². The summed E-state index contributed by atoms with van der Waals surface area (Å²) < 4.78 is 19.4. The highest BCUT2D eigenvalue weighted by atomic mass is 19.1. The van der Waals surface area contributed by atoms with Gasteiger partial charge in [-0.15, -0.1) is 0 Å². The van der Waals surface area contributed by atoms with Crippen molar-refractivity contribution in [1.29, 1.82) is 0 Å². The van der Waals surface area contributed by atoms with Crippen LogP contribution in [0.25, 0.3) is 0 Å². The van der Waals surface area contributed by atoms with Crippen LogP contribution in [0.3, 0.4) is 0 Å². The van der Waals surface area contributed by atoms with Gasteiger partial charge in [0.1, 0.15) is 11.9 Å². The lowest BCUT2D eigenvalue weighted by Crippen LogP contribution is -2.41. The zero-order valence-electron chi connectivity index (χ0n) is 11.8. The smallest absolute Gasteiger partial charge is 0.123 e. The molecule has 1 aliphatic rings. The molecular formula is C16H23FO2. The van der Waals surface area contributed by atoms with Crippen molar-refractivity contribution in [1.82, 2.24) is 0 Å². The van der Waals surface area contributed by atoms with Gasteiger partial charge in [-0.1, -0.05) is 25.3 Å². The molecule has 0 aliphatic heterocycles. The molecule has 1 unspecified atom stereocenters. The number of aryl methyl sites for hydroxylation is 1. The van der Waals surface area contributed by atoms with E-state index in [0.29, 0.717) is 12.2 Å². The minimum atomic E-state index is -0.748. The number of hydrogen-bond donors (Lipinski definition) is 1. The van der Waals surface area contributed by atoms with Gasteiger partial charge in [0, 0.05) is 6.61 Å². The van der Waals surface area contributed by atoms with E-state index in [2.05, 4.69) is 0 Å². The van der Waals surface area contributed by atoms with E-state index >= 15 is 0 Å². The summed E-state index contributed by atoms with van der Waals surface area (Å²) in [5.74, 6) is -0.295. The van der Waals surface area contributed by atoms with E-state index in [9.17, 15) is 9.50 Å². The van der Waals surface area contributed by atoms with Crippen LogP contribution in [0.4, 0.5) is 4.39 Å². The van der Waals surface area contributed by atoms with E-state index in [4.69, 9.17) is 4.74 Å². The summed E-state index contributed by atoms with van der Waals surface area (Å²) >= 11 is 0. The van der Waals surface area contributed by atoms with Crippen molar-refractivity contribution in [3.05, 3.63) is 35.1 Å². The fourth-order valence-corrected chi connectivity index (χ4v) is 3.16. The SMILES string of the molecule is CCOC1(C(O)c2cc(C)cc(F)c2)CCCCC1. The number of benzene rings is 1. The average Bonchev–Trinajstić information content (AvgIpc) is 2.38. The third-order valence-electron chi connectivity index (χ3n) is 4.01. The minimum Gasteiger partial charge on any atom is -0.385 e. The van der Waals surface area contributed by atoms with Gasteiger partial charge in [0.25, 0.3) is 0 Å². The third kappa shape index (κ3) is 3.15. The van der Waals surface area contributed by atoms with Crippen molar-refractivity contribution in [2.24, 2.45) is 0 Å². The number of aliphatic hydroxyl groups is 1. The molecule has 0 spiro atoms. The maximum absolute atomic E-state index is 13.5. The molecule has 19 heavy (non-hydrogen) atoms. The Balaban J connectivity index is 2.30. The molecule has 1 aromatic carbocycles. The lowest BCUT2D eigenvalue weighted by atomic mass is 9.78. The van der Waals surface area contributed by atoms with E-state index in [0.717, 1.165) is 31.2 Å². The fourth-order valence-electron chi connectivity index (χ4n) is 3.16. The van der Waals surface area contributed by atoms with Gasteiger partial charge in [0.15, 0.2) is 0 Å². The third-order valence-corrected chi connectivity index (χ3v) is 4.01. The van der Waals surface area contributed by atoms with Crippen molar-refractivity contribution in [2.45, 2.75) is 57.7 Å². The molecule has 1 aromatic rings. The normalized spacial score (nSPS) is 20.2. The molecule has 1 saturated carbocycles. The molecule has 3 heteroatoms. The maximum Gasteiger partial charge on any atom is 0.123 e. The molecular weight excluding hydrogens is 243 g/mol. The molecule has 0 bridgehead atoms. The monoisotopic (exact) mass is 266 g/mol. The van der Waals surface area contributed by atoms with Gasteiger partial charge in [-0.25, -0.2) is 4.39 Å². The summed E-state index contributed by atoms with van der Waals surface area (Å²) in [5.41, 5.74) is 0.928. The molecule has 0 saturated heterocycles. The van der Waals surface area contributed by atoms with Crippen molar-refractivity contribution in [2.75, 3.05) is 6.61 Å². The van der Waals surface area contributed by atoms with Gasteiger partial charge in [-0.2, -0.15) is 0 Å². The fraction of sp³-hybridized carbons (Fsp3) is 0.625. The average molecular weight is 266 g/mol. The van der Waals surface area contributed by atoms with Crippen LogP contribution in [0, 0.1) is 12.7 Å². The lowest BCUT2D eigenvalue weighted by molar-refractivity contribution is -0.141. The Labute approximate surface area is 114 Å². The molecule has 1 N–H and O–H groups in total. The number of rotatable bonds is 4. The van der Waals surface area contributed by atoms with Crippen LogP contribution in [0.5, 0.6) is 0 Å². The number of halogens is 1. The Morgan fingerprint density at radius 3 is 2.53 bits per heavy atom. The van der Waals surface area contributed by atoms with Crippen molar-refractivity contribution < 1.29 is 14.2 Å². The predicted octanol–water partition coefficient (Wildman–Crippen LogP) is 3.91. The quantitative estimate of drug-likeness (QED) is 0.895.